The van der Waals surface area contributed by atoms with Crippen molar-refractivity contribution in [3.8, 4) is 6.01 Å². The third-order valence-corrected chi connectivity index (χ3v) is 2.08. The first-order chi connectivity index (χ1) is 8.76. The molecule has 0 spiro atoms. The lowest BCUT2D eigenvalue weighted by Gasteiger charge is -2.06. The number of hydrogen-bond acceptors (Lipinski definition) is 7. The topological polar surface area (TPSA) is 78.4 Å². The Kier molecular flexibility index (Phi) is 7.31. The summed E-state index contributed by atoms with van der Waals surface area (Å²) in [5.74, 6) is 0.376. The van der Waals surface area contributed by atoms with Gasteiger partial charge < -0.3 is 19.5 Å². The second kappa shape index (κ2) is 8.84. The minimum Gasteiger partial charge on any atom is -0.463 e. The molecule has 0 radical (unpaired) electrons. The van der Waals surface area contributed by atoms with Gasteiger partial charge in [0.2, 0.25) is 11.2 Å². The lowest BCUT2D eigenvalue weighted by Crippen LogP contribution is -2.09. The number of halogens is 1. The molecule has 8 heteroatoms. The molecule has 1 aromatic rings. The highest BCUT2D eigenvalue weighted by Crippen LogP contribution is 2.10. The quantitative estimate of drug-likeness (QED) is 0.674. The number of aromatic nitrogens is 3. The van der Waals surface area contributed by atoms with Gasteiger partial charge in [-0.05, 0) is 11.6 Å². The molecule has 1 aromatic heterocycles. The van der Waals surface area contributed by atoms with Crippen molar-refractivity contribution in [3.63, 3.8) is 0 Å². The molecule has 1 heterocycles. The SMILES string of the molecule is CNc1nc(Cl)nc(OCCCOCCOC)n1. The monoisotopic (exact) mass is 276 g/mol. The summed E-state index contributed by atoms with van der Waals surface area (Å²) < 4.78 is 15.5. The molecule has 0 aromatic carbocycles. The van der Waals surface area contributed by atoms with Crippen molar-refractivity contribution in [2.75, 3.05) is 45.9 Å². The van der Waals surface area contributed by atoms with E-state index >= 15 is 0 Å². The van der Waals surface area contributed by atoms with Gasteiger partial charge in [0.1, 0.15) is 0 Å². The molecule has 0 amide bonds. The Bertz CT molecular complexity index is 354. The Hall–Kier alpha value is -1.18. The summed E-state index contributed by atoms with van der Waals surface area (Å²) in [5, 5.41) is 2.87. The van der Waals surface area contributed by atoms with E-state index in [1.165, 1.54) is 0 Å². The van der Waals surface area contributed by atoms with Crippen LogP contribution in [0.2, 0.25) is 5.28 Å². The molecule has 0 fully saturated rings. The number of nitrogens with one attached hydrogen (secondary N) is 1. The van der Waals surface area contributed by atoms with E-state index in [0.717, 1.165) is 6.42 Å². The normalized spacial score (nSPS) is 10.4. The third-order valence-electron chi connectivity index (χ3n) is 1.91. The van der Waals surface area contributed by atoms with Crippen LogP contribution < -0.4 is 10.1 Å². The molecule has 0 atom stereocenters. The van der Waals surface area contributed by atoms with Gasteiger partial charge in [-0.3, -0.25) is 0 Å². The highest BCUT2D eigenvalue weighted by molar-refractivity contribution is 6.28. The molecule has 1 rings (SSSR count). The second-order valence-electron chi connectivity index (χ2n) is 3.27. The molecule has 0 unspecified atom stereocenters. The maximum atomic E-state index is 5.71. The smallest absolute Gasteiger partial charge is 0.322 e. The molecule has 18 heavy (non-hydrogen) atoms. The standard InChI is InChI=1S/C10H17ClN4O3/c1-12-9-13-8(11)14-10(15-9)18-5-3-4-17-7-6-16-2/h3-7H2,1-2H3,(H,12,13,14,15). The highest BCUT2D eigenvalue weighted by Gasteiger charge is 2.04. The molecule has 102 valence electrons. The van der Waals surface area contributed by atoms with Crippen LogP contribution in [0.3, 0.4) is 0 Å². The molecule has 1 N–H and O–H groups in total. The summed E-state index contributed by atoms with van der Waals surface area (Å²) in [6, 6.07) is 0.205. The largest absolute Gasteiger partial charge is 0.463 e. The van der Waals surface area contributed by atoms with E-state index in [2.05, 4.69) is 20.3 Å². The first-order valence-electron chi connectivity index (χ1n) is 5.55. The predicted octanol–water partition coefficient (Wildman–Crippen LogP) is 0.999. The van der Waals surface area contributed by atoms with E-state index in [1.807, 2.05) is 0 Å². The van der Waals surface area contributed by atoms with E-state index in [0.29, 0.717) is 32.4 Å². The summed E-state index contributed by atoms with van der Waals surface area (Å²) in [6.07, 6.45) is 0.738. The van der Waals surface area contributed by atoms with Crippen LogP contribution in [0.1, 0.15) is 6.42 Å². The van der Waals surface area contributed by atoms with Crippen LogP contribution in [-0.2, 0) is 9.47 Å². The number of nitrogens with zero attached hydrogens (tertiary/aromatic N) is 3. The van der Waals surface area contributed by atoms with E-state index < -0.39 is 0 Å². The molecule has 7 nitrogen and oxygen atoms in total. The van der Waals surface area contributed by atoms with Crippen LogP contribution in [0.4, 0.5) is 5.95 Å². The molecule has 0 saturated carbocycles. The van der Waals surface area contributed by atoms with E-state index in [9.17, 15) is 0 Å². The zero-order valence-electron chi connectivity index (χ0n) is 10.5. The number of anilines is 1. The maximum Gasteiger partial charge on any atom is 0.322 e. The van der Waals surface area contributed by atoms with Crippen LogP contribution in [-0.4, -0.2) is 55.5 Å². The predicted molar refractivity (Wildman–Crippen MR) is 67.2 cm³/mol. The molecular weight excluding hydrogens is 260 g/mol. The first-order valence-corrected chi connectivity index (χ1v) is 5.93. The Labute approximate surface area is 111 Å². The summed E-state index contributed by atoms with van der Waals surface area (Å²) in [5.41, 5.74) is 0. The van der Waals surface area contributed by atoms with Crippen molar-refractivity contribution in [1.29, 1.82) is 0 Å². The third kappa shape index (κ3) is 5.95. The van der Waals surface area contributed by atoms with E-state index in [1.54, 1.807) is 14.2 Å². The van der Waals surface area contributed by atoms with Gasteiger partial charge in [0, 0.05) is 27.2 Å². The fraction of sp³-hybridized carbons (Fsp3) is 0.700. The lowest BCUT2D eigenvalue weighted by atomic mass is 10.5. The van der Waals surface area contributed by atoms with Crippen molar-refractivity contribution in [1.82, 2.24) is 15.0 Å². The fourth-order valence-corrected chi connectivity index (χ4v) is 1.23. The Balaban J connectivity index is 2.20. The zero-order chi connectivity index (χ0) is 13.2. The number of methoxy groups -OCH3 is 1. The first kappa shape index (κ1) is 14.9. The van der Waals surface area contributed by atoms with Gasteiger partial charge in [0.05, 0.1) is 19.8 Å². The second-order valence-corrected chi connectivity index (χ2v) is 3.61. The van der Waals surface area contributed by atoms with Gasteiger partial charge in [-0.2, -0.15) is 15.0 Å². The van der Waals surface area contributed by atoms with Crippen molar-refractivity contribution in [2.45, 2.75) is 6.42 Å². The van der Waals surface area contributed by atoms with Crippen molar-refractivity contribution in [3.05, 3.63) is 5.28 Å². The van der Waals surface area contributed by atoms with Crippen molar-refractivity contribution >= 4 is 17.5 Å². The van der Waals surface area contributed by atoms with Crippen LogP contribution in [0.25, 0.3) is 0 Å². The van der Waals surface area contributed by atoms with Gasteiger partial charge in [-0.15, -0.1) is 0 Å². The summed E-state index contributed by atoms with van der Waals surface area (Å²) in [4.78, 5) is 11.7. The van der Waals surface area contributed by atoms with Crippen molar-refractivity contribution in [2.24, 2.45) is 0 Å². The average Bonchev–Trinajstić information content (AvgIpc) is 2.37. The van der Waals surface area contributed by atoms with Crippen LogP contribution in [0, 0.1) is 0 Å². The number of rotatable bonds is 9. The number of ether oxygens (including phenoxy) is 3. The van der Waals surface area contributed by atoms with Crippen LogP contribution in [0.15, 0.2) is 0 Å². The summed E-state index contributed by atoms with van der Waals surface area (Å²) in [6.45, 7) is 2.23. The minimum atomic E-state index is 0.0979. The van der Waals surface area contributed by atoms with E-state index in [4.69, 9.17) is 25.8 Å². The van der Waals surface area contributed by atoms with Gasteiger partial charge >= 0.3 is 6.01 Å². The van der Waals surface area contributed by atoms with Crippen molar-refractivity contribution < 1.29 is 14.2 Å². The highest BCUT2D eigenvalue weighted by atomic mass is 35.5. The molecule has 0 aliphatic rings. The molecular formula is C10H17ClN4O3. The van der Waals surface area contributed by atoms with Gasteiger partial charge in [0.25, 0.3) is 0 Å². The number of hydrogen-bond donors (Lipinski definition) is 1. The Morgan fingerprint density at radius 2 is 1.94 bits per heavy atom. The molecule has 0 bridgehead atoms. The van der Waals surface area contributed by atoms with Crippen LogP contribution in [0.5, 0.6) is 6.01 Å². The molecule has 0 saturated heterocycles. The summed E-state index contributed by atoms with van der Waals surface area (Å²) in [7, 11) is 3.33. The van der Waals surface area contributed by atoms with Crippen LogP contribution >= 0.6 is 11.6 Å². The molecule has 0 aliphatic carbocycles. The minimum absolute atomic E-state index is 0.0979. The van der Waals surface area contributed by atoms with Gasteiger partial charge in [-0.1, -0.05) is 0 Å². The van der Waals surface area contributed by atoms with E-state index in [-0.39, 0.29) is 11.3 Å². The summed E-state index contributed by atoms with van der Waals surface area (Å²) >= 11 is 5.71. The zero-order valence-corrected chi connectivity index (χ0v) is 11.2. The fourth-order valence-electron chi connectivity index (χ4n) is 1.08. The maximum absolute atomic E-state index is 5.71. The average molecular weight is 277 g/mol. The van der Waals surface area contributed by atoms with Gasteiger partial charge in [-0.25, -0.2) is 0 Å². The molecule has 0 aliphatic heterocycles. The lowest BCUT2D eigenvalue weighted by molar-refractivity contribution is 0.0639. The Morgan fingerprint density at radius 1 is 1.11 bits per heavy atom. The van der Waals surface area contributed by atoms with Gasteiger partial charge in [0.15, 0.2) is 0 Å². The Morgan fingerprint density at radius 3 is 2.67 bits per heavy atom.